The minimum Gasteiger partial charge on any atom is -0.507 e. The zero-order chi connectivity index (χ0) is 13.7. The number of hydrogen-bond donors (Lipinski definition) is 1. The molecule has 2 heteroatoms. The molecule has 1 unspecified atom stereocenters. The minimum atomic E-state index is 0.112. The number of phenols is 1. The number of para-hydroxylation sites is 1. The first kappa shape index (κ1) is 13.3. The van der Waals surface area contributed by atoms with Gasteiger partial charge >= 0.3 is 0 Å². The molecule has 2 rings (SSSR count). The third-order valence-electron chi connectivity index (χ3n) is 3.08. The number of aliphatic imine (C=N–C) groups is 1. The lowest BCUT2D eigenvalue weighted by Gasteiger charge is -2.16. The largest absolute Gasteiger partial charge is 0.507 e. The van der Waals surface area contributed by atoms with Gasteiger partial charge in [0, 0.05) is 11.8 Å². The lowest BCUT2D eigenvalue weighted by molar-refractivity contribution is 0.474. The lowest BCUT2D eigenvalue weighted by Crippen LogP contribution is -2.04. The van der Waals surface area contributed by atoms with Crippen LogP contribution in [-0.4, -0.2) is 11.3 Å². The number of aromatic hydroxyl groups is 1. The molecular formula is C17H19NO. The van der Waals surface area contributed by atoms with Crippen LogP contribution < -0.4 is 0 Å². The van der Waals surface area contributed by atoms with Crippen molar-refractivity contribution in [1.82, 2.24) is 0 Å². The van der Waals surface area contributed by atoms with Crippen molar-refractivity contribution in [2.75, 3.05) is 0 Å². The second-order valence-corrected chi connectivity index (χ2v) is 4.94. The van der Waals surface area contributed by atoms with Gasteiger partial charge in [-0.2, -0.15) is 0 Å². The van der Waals surface area contributed by atoms with Crippen LogP contribution in [0.5, 0.6) is 5.75 Å². The summed E-state index contributed by atoms with van der Waals surface area (Å²) in [6.07, 6.45) is 1.76. The van der Waals surface area contributed by atoms with Gasteiger partial charge in [0.25, 0.3) is 0 Å². The Morgan fingerprint density at radius 2 is 1.58 bits per heavy atom. The van der Waals surface area contributed by atoms with E-state index in [0.29, 0.717) is 5.92 Å². The van der Waals surface area contributed by atoms with Gasteiger partial charge in [-0.3, -0.25) is 4.99 Å². The fourth-order valence-electron chi connectivity index (χ4n) is 2.05. The fraction of sp³-hybridized carbons (Fsp3) is 0.235. The molecule has 0 bridgehead atoms. The van der Waals surface area contributed by atoms with E-state index in [2.05, 4.69) is 31.0 Å². The monoisotopic (exact) mass is 253 g/mol. The van der Waals surface area contributed by atoms with Gasteiger partial charge in [0.2, 0.25) is 0 Å². The molecule has 2 aromatic carbocycles. The summed E-state index contributed by atoms with van der Waals surface area (Å²) >= 11 is 0. The molecule has 0 heterocycles. The molecule has 2 aromatic rings. The van der Waals surface area contributed by atoms with Crippen LogP contribution in [0.25, 0.3) is 0 Å². The Morgan fingerprint density at radius 3 is 2.21 bits per heavy atom. The highest BCUT2D eigenvalue weighted by atomic mass is 16.3. The Balaban J connectivity index is 2.25. The SMILES string of the molecule is CC(C)C(N=Cc1ccccc1O)c1ccccc1. The van der Waals surface area contributed by atoms with Crippen LogP contribution in [0.2, 0.25) is 0 Å². The van der Waals surface area contributed by atoms with E-state index in [4.69, 9.17) is 0 Å². The van der Waals surface area contributed by atoms with E-state index < -0.39 is 0 Å². The normalized spacial score (nSPS) is 13.0. The Bertz CT molecular complexity index is 546. The van der Waals surface area contributed by atoms with E-state index in [9.17, 15) is 5.11 Å². The summed E-state index contributed by atoms with van der Waals surface area (Å²) in [4.78, 5) is 4.64. The Labute approximate surface area is 114 Å². The fourth-order valence-corrected chi connectivity index (χ4v) is 2.05. The van der Waals surface area contributed by atoms with Crippen LogP contribution in [0, 0.1) is 5.92 Å². The maximum atomic E-state index is 9.74. The van der Waals surface area contributed by atoms with Crippen molar-refractivity contribution in [1.29, 1.82) is 0 Å². The maximum absolute atomic E-state index is 9.74. The summed E-state index contributed by atoms with van der Waals surface area (Å²) in [6, 6.07) is 17.6. The van der Waals surface area contributed by atoms with Gasteiger partial charge < -0.3 is 5.11 Å². The molecule has 0 radical (unpaired) electrons. The van der Waals surface area contributed by atoms with Gasteiger partial charge in [-0.05, 0) is 23.6 Å². The Hall–Kier alpha value is -2.09. The molecule has 0 saturated carbocycles. The molecule has 2 nitrogen and oxygen atoms in total. The van der Waals surface area contributed by atoms with Gasteiger partial charge in [-0.15, -0.1) is 0 Å². The van der Waals surface area contributed by atoms with E-state index in [-0.39, 0.29) is 11.8 Å². The maximum Gasteiger partial charge on any atom is 0.124 e. The first-order valence-electron chi connectivity index (χ1n) is 6.54. The highest BCUT2D eigenvalue weighted by molar-refractivity contribution is 5.83. The van der Waals surface area contributed by atoms with Gasteiger partial charge in [0.05, 0.1) is 6.04 Å². The van der Waals surface area contributed by atoms with E-state index in [1.807, 2.05) is 36.4 Å². The molecule has 0 spiro atoms. The van der Waals surface area contributed by atoms with Crippen LogP contribution in [0.15, 0.2) is 59.6 Å². The van der Waals surface area contributed by atoms with Crippen LogP contribution >= 0.6 is 0 Å². The molecule has 1 atom stereocenters. The summed E-state index contributed by atoms with van der Waals surface area (Å²) in [5.74, 6) is 0.673. The van der Waals surface area contributed by atoms with Crippen LogP contribution in [0.4, 0.5) is 0 Å². The van der Waals surface area contributed by atoms with Crippen molar-refractivity contribution < 1.29 is 5.11 Å². The van der Waals surface area contributed by atoms with Crippen molar-refractivity contribution in [2.24, 2.45) is 10.9 Å². The van der Waals surface area contributed by atoms with Gasteiger partial charge in [-0.25, -0.2) is 0 Å². The molecule has 0 aliphatic carbocycles. The average molecular weight is 253 g/mol. The van der Waals surface area contributed by atoms with Crippen LogP contribution in [0.3, 0.4) is 0 Å². The third kappa shape index (κ3) is 3.44. The summed E-state index contributed by atoms with van der Waals surface area (Å²) in [5, 5.41) is 9.74. The van der Waals surface area contributed by atoms with Crippen LogP contribution in [-0.2, 0) is 0 Å². The Kier molecular flexibility index (Phi) is 4.35. The predicted molar refractivity (Wildman–Crippen MR) is 79.7 cm³/mol. The van der Waals surface area contributed by atoms with Crippen molar-refractivity contribution in [3.8, 4) is 5.75 Å². The minimum absolute atomic E-state index is 0.112. The molecule has 98 valence electrons. The van der Waals surface area contributed by atoms with Crippen molar-refractivity contribution in [3.63, 3.8) is 0 Å². The Morgan fingerprint density at radius 1 is 0.947 bits per heavy atom. The van der Waals surface area contributed by atoms with Crippen molar-refractivity contribution >= 4 is 6.21 Å². The zero-order valence-corrected chi connectivity index (χ0v) is 11.3. The first-order valence-corrected chi connectivity index (χ1v) is 6.54. The highest BCUT2D eigenvalue weighted by Crippen LogP contribution is 2.26. The smallest absolute Gasteiger partial charge is 0.124 e. The van der Waals surface area contributed by atoms with Crippen molar-refractivity contribution in [3.05, 3.63) is 65.7 Å². The molecule has 0 amide bonds. The second-order valence-electron chi connectivity index (χ2n) is 4.94. The molecule has 1 N–H and O–H groups in total. The van der Waals surface area contributed by atoms with Crippen molar-refractivity contribution in [2.45, 2.75) is 19.9 Å². The standard InChI is InChI=1S/C17H19NO/c1-13(2)17(14-8-4-3-5-9-14)18-12-15-10-6-7-11-16(15)19/h3-13,17,19H,1-2H3. The molecule has 0 aliphatic heterocycles. The number of hydrogen-bond acceptors (Lipinski definition) is 2. The molecule has 0 saturated heterocycles. The third-order valence-corrected chi connectivity index (χ3v) is 3.08. The lowest BCUT2D eigenvalue weighted by atomic mass is 9.97. The van der Waals surface area contributed by atoms with E-state index in [0.717, 1.165) is 5.56 Å². The van der Waals surface area contributed by atoms with Gasteiger partial charge in [-0.1, -0.05) is 56.3 Å². The summed E-state index contributed by atoms with van der Waals surface area (Å²) in [5.41, 5.74) is 1.95. The summed E-state index contributed by atoms with van der Waals surface area (Å²) < 4.78 is 0. The zero-order valence-electron chi connectivity index (χ0n) is 11.3. The topological polar surface area (TPSA) is 32.6 Å². The first-order chi connectivity index (χ1) is 9.18. The molecule has 0 aliphatic rings. The molecule has 19 heavy (non-hydrogen) atoms. The second kappa shape index (κ2) is 6.19. The van der Waals surface area contributed by atoms with Crippen LogP contribution in [0.1, 0.15) is 31.0 Å². The predicted octanol–water partition coefficient (Wildman–Crippen LogP) is 4.21. The molecular weight excluding hydrogens is 234 g/mol. The number of phenolic OH excluding ortho intramolecular Hbond substituents is 1. The summed E-state index contributed by atoms with van der Waals surface area (Å²) in [6.45, 7) is 4.31. The average Bonchev–Trinajstić information content (AvgIpc) is 2.42. The quantitative estimate of drug-likeness (QED) is 0.813. The summed E-state index contributed by atoms with van der Waals surface area (Å²) in [7, 11) is 0. The number of rotatable bonds is 4. The van der Waals surface area contributed by atoms with E-state index in [1.54, 1.807) is 12.3 Å². The molecule has 0 aromatic heterocycles. The molecule has 0 fully saturated rings. The number of nitrogens with zero attached hydrogens (tertiary/aromatic N) is 1. The van der Waals surface area contributed by atoms with Gasteiger partial charge in [0.1, 0.15) is 5.75 Å². The van der Waals surface area contributed by atoms with E-state index >= 15 is 0 Å². The van der Waals surface area contributed by atoms with E-state index in [1.165, 1.54) is 5.56 Å². The van der Waals surface area contributed by atoms with Gasteiger partial charge in [0.15, 0.2) is 0 Å². The highest BCUT2D eigenvalue weighted by Gasteiger charge is 2.13. The number of benzene rings is 2.